The Kier molecular flexibility index (Phi) is 8.39. The van der Waals surface area contributed by atoms with Crippen LogP contribution in [0.1, 0.15) is 37.0 Å². The van der Waals surface area contributed by atoms with Crippen LogP contribution < -0.4 is 15.8 Å². The van der Waals surface area contributed by atoms with Crippen LogP contribution in [-0.2, 0) is 4.79 Å². The number of hydrogen-bond acceptors (Lipinski definition) is 6. The molecule has 1 amide bonds. The third kappa shape index (κ3) is 5.94. The quantitative estimate of drug-likeness (QED) is 0.503. The number of halogens is 3. The maximum atomic E-state index is 14.0. The van der Waals surface area contributed by atoms with Gasteiger partial charge in [0, 0.05) is 61.3 Å². The number of nitrogens with two attached hydrogens (primary N) is 1. The summed E-state index contributed by atoms with van der Waals surface area (Å²) in [6.07, 6.45) is 9.34. The zero-order valence-electron chi connectivity index (χ0n) is 20.3. The Hall–Kier alpha value is -2.81. The maximum Gasteiger partial charge on any atom is 0.233 e. The first-order valence-electron chi connectivity index (χ1n) is 11.9. The number of likely N-dealkylation sites (tertiary alicyclic amines) is 1. The van der Waals surface area contributed by atoms with Gasteiger partial charge in [-0.3, -0.25) is 9.69 Å². The van der Waals surface area contributed by atoms with Gasteiger partial charge in [0.25, 0.3) is 0 Å². The molecule has 0 saturated carbocycles. The van der Waals surface area contributed by atoms with E-state index < -0.39 is 11.9 Å². The van der Waals surface area contributed by atoms with Gasteiger partial charge in [-0.1, -0.05) is 35.4 Å². The Balaban J connectivity index is 1.48. The number of piperidine rings is 1. The number of rotatable bonds is 7. The van der Waals surface area contributed by atoms with E-state index in [9.17, 15) is 9.18 Å². The van der Waals surface area contributed by atoms with Gasteiger partial charge in [-0.05, 0) is 43.5 Å². The Bertz CT molecular complexity index is 1180. The summed E-state index contributed by atoms with van der Waals surface area (Å²) in [6.45, 7) is 4.76. The van der Waals surface area contributed by atoms with E-state index in [2.05, 4.69) is 38.5 Å². The van der Waals surface area contributed by atoms with E-state index in [1.807, 2.05) is 6.07 Å². The van der Waals surface area contributed by atoms with E-state index in [-0.39, 0.29) is 16.7 Å². The van der Waals surface area contributed by atoms with Crippen LogP contribution in [0.5, 0.6) is 5.75 Å². The van der Waals surface area contributed by atoms with Gasteiger partial charge in [0.15, 0.2) is 11.6 Å². The predicted molar refractivity (Wildman–Crippen MR) is 141 cm³/mol. The van der Waals surface area contributed by atoms with Gasteiger partial charge in [0.05, 0.1) is 11.6 Å². The number of ether oxygens (including phenoxy) is 1. The van der Waals surface area contributed by atoms with Gasteiger partial charge in [0.2, 0.25) is 5.91 Å². The molecular weight excluding hydrogens is 504 g/mol. The molecule has 1 fully saturated rings. The molecule has 192 valence electrons. The van der Waals surface area contributed by atoms with E-state index in [1.165, 1.54) is 12.1 Å². The fourth-order valence-electron chi connectivity index (χ4n) is 4.56. The zero-order chi connectivity index (χ0) is 25.8. The summed E-state index contributed by atoms with van der Waals surface area (Å²) >= 11 is 12.4. The predicted octanol–water partition coefficient (Wildman–Crippen LogP) is 4.67. The van der Waals surface area contributed by atoms with Gasteiger partial charge in [0.1, 0.15) is 11.9 Å². The molecule has 2 aliphatic rings. The molecule has 36 heavy (non-hydrogen) atoms. The number of amides is 1. The molecular formula is C26H30Cl2FN5O2. The lowest BCUT2D eigenvalue weighted by molar-refractivity contribution is -0.122. The van der Waals surface area contributed by atoms with Crippen molar-refractivity contribution in [2.24, 2.45) is 0 Å². The van der Waals surface area contributed by atoms with Crippen molar-refractivity contribution in [3.8, 4) is 5.75 Å². The van der Waals surface area contributed by atoms with Crippen molar-refractivity contribution in [3.63, 3.8) is 0 Å². The zero-order valence-corrected chi connectivity index (χ0v) is 21.8. The highest BCUT2D eigenvalue weighted by Crippen LogP contribution is 2.37. The highest BCUT2D eigenvalue weighted by molar-refractivity contribution is 6.36. The molecule has 1 aromatic heterocycles. The van der Waals surface area contributed by atoms with Crippen LogP contribution in [0.2, 0.25) is 10.0 Å². The smallest absolute Gasteiger partial charge is 0.233 e. The van der Waals surface area contributed by atoms with Crippen molar-refractivity contribution in [2.45, 2.75) is 31.9 Å². The van der Waals surface area contributed by atoms with Gasteiger partial charge in [-0.25, -0.2) is 9.37 Å². The van der Waals surface area contributed by atoms with E-state index in [0.717, 1.165) is 43.6 Å². The number of nitrogens with one attached hydrogen (secondary N) is 1. The Labute approximate surface area is 220 Å². The van der Waals surface area contributed by atoms with Crippen molar-refractivity contribution in [1.82, 2.24) is 20.1 Å². The number of allylic oxidation sites excluding steroid dienone is 2. The van der Waals surface area contributed by atoms with Crippen LogP contribution in [0.25, 0.3) is 5.57 Å². The number of pyridine rings is 1. The van der Waals surface area contributed by atoms with E-state index in [0.29, 0.717) is 28.9 Å². The Morgan fingerprint density at radius 1 is 1.33 bits per heavy atom. The SMILES string of the molecule is CNC(=O)CN1CCC(N2C=C(c3cnc(N)c(OC(C)c4c(Cl)ccc(F)c4Cl)c3)C=CC2)CC1. The van der Waals surface area contributed by atoms with Crippen molar-refractivity contribution in [1.29, 1.82) is 0 Å². The average Bonchev–Trinajstić information content (AvgIpc) is 2.88. The minimum Gasteiger partial charge on any atom is -0.482 e. The highest BCUT2D eigenvalue weighted by atomic mass is 35.5. The van der Waals surface area contributed by atoms with Crippen LogP contribution in [-0.4, -0.2) is 60.0 Å². The normalized spacial score (nSPS) is 17.6. The van der Waals surface area contributed by atoms with Gasteiger partial charge in [-0.2, -0.15) is 0 Å². The third-order valence-electron chi connectivity index (χ3n) is 6.60. The molecule has 2 aromatic rings. The van der Waals surface area contributed by atoms with Crippen molar-refractivity contribution in [2.75, 3.05) is 39.0 Å². The number of carbonyl (C=O) groups is 1. The number of benzene rings is 1. The maximum absolute atomic E-state index is 14.0. The lowest BCUT2D eigenvalue weighted by atomic mass is 10.00. The number of carbonyl (C=O) groups excluding carboxylic acids is 1. The summed E-state index contributed by atoms with van der Waals surface area (Å²) in [5.41, 5.74) is 8.29. The first-order valence-corrected chi connectivity index (χ1v) is 12.7. The van der Waals surface area contributed by atoms with Crippen molar-refractivity contribution in [3.05, 3.63) is 69.7 Å². The first-order chi connectivity index (χ1) is 17.3. The standard InChI is InChI=1S/C26H30Cl2FN5O2/c1-16(24-20(27)5-6-21(29)25(24)28)36-22-12-18(13-32-26(22)30)17-4-3-9-34(14-17)19-7-10-33(11-8-19)15-23(35)31-2/h3-6,12-14,16,19H,7-11,15H2,1-2H3,(H2,30,32)(H,31,35). The molecule has 3 N–H and O–H groups in total. The Morgan fingerprint density at radius 3 is 2.81 bits per heavy atom. The number of nitrogens with zero attached hydrogens (tertiary/aromatic N) is 3. The van der Waals surface area contributed by atoms with E-state index in [4.69, 9.17) is 33.7 Å². The summed E-state index contributed by atoms with van der Waals surface area (Å²) in [7, 11) is 1.66. The molecule has 0 aliphatic carbocycles. The van der Waals surface area contributed by atoms with Gasteiger partial charge < -0.3 is 20.7 Å². The molecule has 0 radical (unpaired) electrons. The summed E-state index contributed by atoms with van der Waals surface area (Å²) in [6, 6.07) is 4.88. The monoisotopic (exact) mass is 533 g/mol. The van der Waals surface area contributed by atoms with Crippen LogP contribution in [0, 0.1) is 5.82 Å². The highest BCUT2D eigenvalue weighted by Gasteiger charge is 2.25. The largest absolute Gasteiger partial charge is 0.482 e. The lowest BCUT2D eigenvalue weighted by Crippen LogP contribution is -2.46. The van der Waals surface area contributed by atoms with Gasteiger partial charge >= 0.3 is 0 Å². The molecule has 7 nitrogen and oxygen atoms in total. The van der Waals surface area contributed by atoms with Crippen molar-refractivity contribution < 1.29 is 13.9 Å². The summed E-state index contributed by atoms with van der Waals surface area (Å²) in [5.74, 6) is 0.0606. The van der Waals surface area contributed by atoms with Crippen LogP contribution >= 0.6 is 23.2 Å². The molecule has 1 saturated heterocycles. The second-order valence-electron chi connectivity index (χ2n) is 8.99. The summed E-state index contributed by atoms with van der Waals surface area (Å²) in [5, 5.41) is 2.92. The average molecular weight is 534 g/mol. The molecule has 4 rings (SSSR count). The second-order valence-corrected chi connectivity index (χ2v) is 9.77. The first kappa shape index (κ1) is 26.3. The van der Waals surface area contributed by atoms with Crippen LogP contribution in [0.15, 0.2) is 42.7 Å². The fraction of sp³-hybridized carbons (Fsp3) is 0.385. The third-order valence-corrected chi connectivity index (χ3v) is 7.31. The number of aromatic nitrogens is 1. The Morgan fingerprint density at radius 2 is 2.08 bits per heavy atom. The number of hydrogen-bond donors (Lipinski definition) is 2. The molecule has 1 aromatic carbocycles. The number of likely N-dealkylation sites (N-methyl/N-ethyl adjacent to an activating group) is 1. The summed E-state index contributed by atoms with van der Waals surface area (Å²) in [4.78, 5) is 20.5. The van der Waals surface area contributed by atoms with Crippen LogP contribution in [0.3, 0.4) is 0 Å². The van der Waals surface area contributed by atoms with E-state index >= 15 is 0 Å². The van der Waals surface area contributed by atoms with E-state index in [1.54, 1.807) is 20.2 Å². The molecule has 0 bridgehead atoms. The second kappa shape index (κ2) is 11.5. The topological polar surface area (TPSA) is 83.7 Å². The van der Waals surface area contributed by atoms with Crippen LogP contribution in [0.4, 0.5) is 10.2 Å². The van der Waals surface area contributed by atoms with Crippen molar-refractivity contribution >= 4 is 40.5 Å². The molecule has 1 unspecified atom stereocenters. The number of nitrogen functional groups attached to an aromatic ring is 1. The summed E-state index contributed by atoms with van der Waals surface area (Å²) < 4.78 is 20.1. The molecule has 3 heterocycles. The van der Waals surface area contributed by atoms with Gasteiger partial charge in [-0.15, -0.1) is 0 Å². The minimum atomic E-state index is -0.646. The number of anilines is 1. The molecule has 2 aliphatic heterocycles. The minimum absolute atomic E-state index is 0.0432. The molecule has 10 heteroatoms. The lowest BCUT2D eigenvalue weighted by Gasteiger charge is -2.38. The fourth-order valence-corrected chi connectivity index (χ4v) is 5.24. The molecule has 0 spiro atoms. The molecule has 1 atom stereocenters.